The van der Waals surface area contributed by atoms with Crippen LogP contribution in [0, 0.1) is 5.92 Å². The molecule has 1 saturated heterocycles. The number of rotatable bonds is 7. The second-order valence-electron chi connectivity index (χ2n) is 8.36. The number of nitrogens with zero attached hydrogens (tertiary/aromatic N) is 2. The second-order valence-corrected chi connectivity index (χ2v) is 8.36. The van der Waals surface area contributed by atoms with Gasteiger partial charge in [0.1, 0.15) is 5.75 Å². The highest BCUT2D eigenvalue weighted by atomic mass is 127. The third kappa shape index (κ3) is 6.52. The Morgan fingerprint density at radius 3 is 2.60 bits per heavy atom. The molecule has 1 heterocycles. The summed E-state index contributed by atoms with van der Waals surface area (Å²) in [6.45, 7) is 8.39. The van der Waals surface area contributed by atoms with E-state index >= 15 is 0 Å². The van der Waals surface area contributed by atoms with Crippen LogP contribution >= 0.6 is 24.0 Å². The predicted molar refractivity (Wildman–Crippen MR) is 138 cm³/mol. The number of nitrogens with one attached hydrogen (secondary N) is 2. The van der Waals surface area contributed by atoms with Gasteiger partial charge in [0.15, 0.2) is 5.96 Å². The SMILES string of the molecule is CN=C(NCC1CCN(c2cccc(OC)c2)C1)NCC(C)(C)c1ccccc1.I. The van der Waals surface area contributed by atoms with Crippen LogP contribution in [0.1, 0.15) is 25.8 Å². The van der Waals surface area contributed by atoms with Crippen molar-refractivity contribution in [3.05, 3.63) is 60.2 Å². The normalized spacial score (nSPS) is 16.7. The first-order valence-corrected chi connectivity index (χ1v) is 10.4. The smallest absolute Gasteiger partial charge is 0.191 e. The van der Waals surface area contributed by atoms with Crippen molar-refractivity contribution in [2.24, 2.45) is 10.9 Å². The number of guanidine groups is 1. The van der Waals surface area contributed by atoms with Crippen LogP contribution in [-0.2, 0) is 5.41 Å². The van der Waals surface area contributed by atoms with E-state index < -0.39 is 0 Å². The fourth-order valence-electron chi connectivity index (χ4n) is 3.80. The van der Waals surface area contributed by atoms with Crippen molar-refractivity contribution in [2.45, 2.75) is 25.7 Å². The first-order chi connectivity index (χ1) is 14.0. The van der Waals surface area contributed by atoms with Crippen molar-refractivity contribution in [3.63, 3.8) is 0 Å². The van der Waals surface area contributed by atoms with Gasteiger partial charge in [0.05, 0.1) is 7.11 Å². The summed E-state index contributed by atoms with van der Waals surface area (Å²) < 4.78 is 5.36. The van der Waals surface area contributed by atoms with E-state index in [1.54, 1.807) is 7.11 Å². The Hall–Kier alpha value is -1.96. The van der Waals surface area contributed by atoms with Crippen LogP contribution in [0.2, 0.25) is 0 Å². The molecule has 6 heteroatoms. The number of hydrogen-bond donors (Lipinski definition) is 2. The molecule has 3 rings (SSSR count). The van der Waals surface area contributed by atoms with Crippen LogP contribution in [-0.4, -0.2) is 46.3 Å². The lowest BCUT2D eigenvalue weighted by Crippen LogP contribution is -2.45. The molecule has 30 heavy (non-hydrogen) atoms. The van der Waals surface area contributed by atoms with Gasteiger partial charge in [0, 0.05) is 50.4 Å². The number of methoxy groups -OCH3 is 1. The number of aliphatic imine (C=N–C) groups is 1. The summed E-state index contributed by atoms with van der Waals surface area (Å²) in [5.41, 5.74) is 2.60. The molecule has 5 nitrogen and oxygen atoms in total. The van der Waals surface area contributed by atoms with Crippen molar-refractivity contribution >= 4 is 35.6 Å². The van der Waals surface area contributed by atoms with Gasteiger partial charge in [-0.3, -0.25) is 4.99 Å². The highest BCUT2D eigenvalue weighted by Crippen LogP contribution is 2.26. The zero-order valence-corrected chi connectivity index (χ0v) is 20.9. The molecule has 1 aliphatic heterocycles. The third-order valence-electron chi connectivity index (χ3n) is 5.74. The molecule has 164 valence electrons. The summed E-state index contributed by atoms with van der Waals surface area (Å²) in [5.74, 6) is 2.38. The molecule has 0 radical (unpaired) electrons. The monoisotopic (exact) mass is 522 g/mol. The molecule has 0 spiro atoms. The average Bonchev–Trinajstić information content (AvgIpc) is 3.23. The average molecular weight is 522 g/mol. The van der Waals surface area contributed by atoms with E-state index in [4.69, 9.17) is 4.74 Å². The summed E-state index contributed by atoms with van der Waals surface area (Å²) >= 11 is 0. The summed E-state index contributed by atoms with van der Waals surface area (Å²) in [6, 6.07) is 18.9. The maximum absolute atomic E-state index is 5.36. The van der Waals surface area contributed by atoms with Gasteiger partial charge in [-0.15, -0.1) is 24.0 Å². The van der Waals surface area contributed by atoms with Crippen LogP contribution in [0.4, 0.5) is 5.69 Å². The quantitative estimate of drug-likeness (QED) is 0.324. The van der Waals surface area contributed by atoms with Gasteiger partial charge in [-0.2, -0.15) is 0 Å². The molecule has 0 bridgehead atoms. The molecule has 0 aromatic heterocycles. The first-order valence-electron chi connectivity index (χ1n) is 10.4. The minimum absolute atomic E-state index is 0. The van der Waals surface area contributed by atoms with E-state index in [1.165, 1.54) is 17.7 Å². The first kappa shape index (κ1) is 24.3. The van der Waals surface area contributed by atoms with E-state index in [9.17, 15) is 0 Å². The van der Waals surface area contributed by atoms with Gasteiger partial charge in [-0.25, -0.2) is 0 Å². The van der Waals surface area contributed by atoms with Crippen molar-refractivity contribution in [2.75, 3.05) is 45.2 Å². The van der Waals surface area contributed by atoms with Crippen molar-refractivity contribution in [3.8, 4) is 5.75 Å². The molecule has 2 aromatic carbocycles. The minimum Gasteiger partial charge on any atom is -0.497 e. The van der Waals surface area contributed by atoms with Gasteiger partial charge >= 0.3 is 0 Å². The van der Waals surface area contributed by atoms with Crippen LogP contribution in [0.3, 0.4) is 0 Å². The number of hydrogen-bond acceptors (Lipinski definition) is 3. The Bertz CT molecular complexity index is 810. The number of anilines is 1. The lowest BCUT2D eigenvalue weighted by Gasteiger charge is -2.27. The van der Waals surface area contributed by atoms with Gasteiger partial charge in [0.25, 0.3) is 0 Å². The largest absolute Gasteiger partial charge is 0.497 e. The molecule has 1 aliphatic rings. The maximum Gasteiger partial charge on any atom is 0.191 e. The molecule has 2 aromatic rings. The van der Waals surface area contributed by atoms with E-state index in [-0.39, 0.29) is 29.4 Å². The number of benzene rings is 2. The van der Waals surface area contributed by atoms with Crippen molar-refractivity contribution < 1.29 is 4.74 Å². The topological polar surface area (TPSA) is 48.9 Å². The summed E-state index contributed by atoms with van der Waals surface area (Å²) in [6.07, 6.45) is 1.18. The Balaban J connectivity index is 0.00000320. The van der Waals surface area contributed by atoms with Gasteiger partial charge in [0.2, 0.25) is 0 Å². The fraction of sp³-hybridized carbons (Fsp3) is 0.458. The molecule has 0 aliphatic carbocycles. The Morgan fingerprint density at radius 2 is 1.90 bits per heavy atom. The molecule has 1 fully saturated rings. The molecule has 1 unspecified atom stereocenters. The molecule has 0 amide bonds. The molecular formula is C24H35IN4O. The highest BCUT2D eigenvalue weighted by molar-refractivity contribution is 14.0. The third-order valence-corrected chi connectivity index (χ3v) is 5.74. The van der Waals surface area contributed by atoms with Crippen LogP contribution in [0.5, 0.6) is 5.75 Å². The van der Waals surface area contributed by atoms with Gasteiger partial charge < -0.3 is 20.3 Å². The number of halogens is 1. The number of ether oxygens (including phenoxy) is 1. The van der Waals surface area contributed by atoms with Crippen LogP contribution in [0.15, 0.2) is 59.6 Å². The highest BCUT2D eigenvalue weighted by Gasteiger charge is 2.24. The maximum atomic E-state index is 5.36. The summed E-state index contributed by atoms with van der Waals surface area (Å²) in [7, 11) is 3.55. The molecule has 0 saturated carbocycles. The van der Waals surface area contributed by atoms with Gasteiger partial charge in [-0.05, 0) is 30.0 Å². The summed E-state index contributed by atoms with van der Waals surface area (Å²) in [5, 5.41) is 7.02. The zero-order chi connectivity index (χ0) is 20.7. The molecule has 2 N–H and O–H groups in total. The van der Waals surface area contributed by atoms with Crippen molar-refractivity contribution in [1.29, 1.82) is 0 Å². The lowest BCUT2D eigenvalue weighted by molar-refractivity contribution is 0.415. The Morgan fingerprint density at radius 1 is 1.13 bits per heavy atom. The minimum atomic E-state index is 0. The van der Waals surface area contributed by atoms with Crippen molar-refractivity contribution in [1.82, 2.24) is 10.6 Å². The molecule has 1 atom stereocenters. The lowest BCUT2D eigenvalue weighted by atomic mass is 9.85. The fourth-order valence-corrected chi connectivity index (χ4v) is 3.80. The second kappa shape index (κ2) is 11.4. The summed E-state index contributed by atoms with van der Waals surface area (Å²) in [4.78, 5) is 6.84. The zero-order valence-electron chi connectivity index (χ0n) is 18.5. The van der Waals surface area contributed by atoms with Gasteiger partial charge in [-0.1, -0.05) is 50.2 Å². The van der Waals surface area contributed by atoms with E-state index in [0.717, 1.165) is 37.9 Å². The standard InChI is InChI=1S/C24H34N4O.HI/c1-24(2,20-9-6-5-7-10-20)18-27-23(25-3)26-16-19-13-14-28(17-19)21-11-8-12-22(15-21)29-4;/h5-12,15,19H,13-14,16-18H2,1-4H3,(H2,25,26,27);1H. The Kier molecular flexibility index (Phi) is 9.27. The van der Waals surface area contributed by atoms with E-state index in [0.29, 0.717) is 5.92 Å². The van der Waals surface area contributed by atoms with E-state index in [2.05, 4.69) is 82.9 Å². The predicted octanol–water partition coefficient (Wildman–Crippen LogP) is 4.28. The van der Waals surface area contributed by atoms with Crippen LogP contribution < -0.4 is 20.3 Å². The van der Waals surface area contributed by atoms with Crippen LogP contribution in [0.25, 0.3) is 0 Å². The van der Waals surface area contributed by atoms with E-state index in [1.807, 2.05) is 13.1 Å². The molecular weight excluding hydrogens is 487 g/mol. The Labute approximate surface area is 198 Å².